The lowest BCUT2D eigenvalue weighted by atomic mass is 10.1. The van der Waals surface area contributed by atoms with E-state index < -0.39 is 23.1 Å². The second-order valence-electron chi connectivity index (χ2n) is 6.60. The third-order valence-corrected chi connectivity index (χ3v) is 4.34. The van der Waals surface area contributed by atoms with Crippen molar-refractivity contribution in [2.45, 2.75) is 26.2 Å². The van der Waals surface area contributed by atoms with Gasteiger partial charge in [-0.15, -0.1) is 10.1 Å². The maximum Gasteiger partial charge on any atom is 0.331 e. The molecule has 0 saturated carbocycles. The number of methoxy groups -OCH3 is 1. The van der Waals surface area contributed by atoms with Crippen molar-refractivity contribution >= 4 is 18.0 Å². The summed E-state index contributed by atoms with van der Waals surface area (Å²) in [5.74, 6) is -0.385. The lowest BCUT2D eigenvalue weighted by Gasteiger charge is -2.13. The molecule has 32 heavy (non-hydrogen) atoms. The van der Waals surface area contributed by atoms with Crippen LogP contribution in [0.4, 0.5) is 0 Å². The van der Waals surface area contributed by atoms with E-state index in [2.05, 4.69) is 10.2 Å². The summed E-state index contributed by atoms with van der Waals surface area (Å²) in [6.45, 7) is 1.57. The van der Waals surface area contributed by atoms with Crippen LogP contribution >= 0.6 is 0 Å². The van der Waals surface area contributed by atoms with Gasteiger partial charge in [0.05, 0.1) is 7.11 Å². The standard InChI is InChI=1S/C22H24N2O8/c1-15(23-2)22(26)32-19-10-8-16(12-20(19)29-3)9-11-21(25)30-13-17-4-6-18(7-5-17)14-31-24(27)28/h4-12,15,23H,13-14H2,1-3H3/b11-9+. The molecule has 170 valence electrons. The van der Waals surface area contributed by atoms with Crippen molar-refractivity contribution in [1.29, 1.82) is 0 Å². The summed E-state index contributed by atoms with van der Waals surface area (Å²) < 4.78 is 15.8. The maximum atomic E-state index is 12.0. The van der Waals surface area contributed by atoms with E-state index in [1.807, 2.05) is 0 Å². The highest BCUT2D eigenvalue weighted by Gasteiger charge is 2.15. The Morgan fingerprint density at radius 2 is 1.75 bits per heavy atom. The Balaban J connectivity index is 1.91. The van der Waals surface area contributed by atoms with Crippen LogP contribution in [0.2, 0.25) is 0 Å². The number of carbonyl (C=O) groups is 2. The zero-order chi connectivity index (χ0) is 23.5. The maximum absolute atomic E-state index is 12.0. The lowest BCUT2D eigenvalue weighted by Crippen LogP contribution is -2.34. The fraction of sp³-hybridized carbons (Fsp3) is 0.273. The Bertz CT molecular complexity index is 972. The number of nitrogens with one attached hydrogen (secondary N) is 1. The Labute approximate surface area is 184 Å². The number of hydrogen-bond donors (Lipinski definition) is 1. The average Bonchev–Trinajstić information content (AvgIpc) is 2.80. The van der Waals surface area contributed by atoms with Gasteiger partial charge in [0.15, 0.2) is 11.5 Å². The third-order valence-electron chi connectivity index (χ3n) is 4.34. The molecule has 1 N–H and O–H groups in total. The largest absolute Gasteiger partial charge is 0.493 e. The van der Waals surface area contributed by atoms with Crippen molar-refractivity contribution in [2.24, 2.45) is 0 Å². The van der Waals surface area contributed by atoms with E-state index >= 15 is 0 Å². The average molecular weight is 444 g/mol. The Morgan fingerprint density at radius 1 is 1.09 bits per heavy atom. The number of benzene rings is 2. The predicted octanol–water partition coefficient (Wildman–Crippen LogP) is 2.67. The van der Waals surface area contributed by atoms with Gasteiger partial charge in [-0.25, -0.2) is 9.59 Å². The molecular weight excluding hydrogens is 420 g/mol. The summed E-state index contributed by atoms with van der Waals surface area (Å²) >= 11 is 0. The lowest BCUT2D eigenvalue weighted by molar-refractivity contribution is -0.763. The summed E-state index contributed by atoms with van der Waals surface area (Å²) in [5, 5.41) is 12.1. The molecule has 0 aliphatic carbocycles. The molecule has 0 fully saturated rings. The van der Waals surface area contributed by atoms with Crippen LogP contribution in [0, 0.1) is 10.1 Å². The van der Waals surface area contributed by atoms with E-state index in [1.165, 1.54) is 13.2 Å². The third kappa shape index (κ3) is 7.73. The molecule has 0 radical (unpaired) electrons. The van der Waals surface area contributed by atoms with E-state index in [4.69, 9.17) is 14.2 Å². The number of hydrogen-bond acceptors (Lipinski definition) is 9. The molecule has 1 atom stereocenters. The van der Waals surface area contributed by atoms with Gasteiger partial charge in [0.2, 0.25) is 0 Å². The van der Waals surface area contributed by atoms with Crippen LogP contribution in [0.25, 0.3) is 6.08 Å². The summed E-state index contributed by atoms with van der Waals surface area (Å²) in [5.41, 5.74) is 2.00. The van der Waals surface area contributed by atoms with Crippen molar-refractivity contribution < 1.29 is 33.7 Å². The molecule has 0 heterocycles. The summed E-state index contributed by atoms with van der Waals surface area (Å²) in [4.78, 5) is 38.4. The van der Waals surface area contributed by atoms with Crippen molar-refractivity contribution in [2.75, 3.05) is 14.2 Å². The molecule has 0 aliphatic rings. The van der Waals surface area contributed by atoms with Crippen LogP contribution in [0.1, 0.15) is 23.6 Å². The quantitative estimate of drug-likeness (QED) is 0.183. The highest BCUT2D eigenvalue weighted by atomic mass is 16.9. The van der Waals surface area contributed by atoms with Crippen LogP contribution in [0.3, 0.4) is 0 Å². The van der Waals surface area contributed by atoms with Crippen LogP contribution in [0.5, 0.6) is 11.5 Å². The highest BCUT2D eigenvalue weighted by molar-refractivity contribution is 5.87. The van der Waals surface area contributed by atoms with Crippen molar-refractivity contribution in [3.05, 3.63) is 75.3 Å². The number of esters is 2. The first kappa shape index (κ1) is 24.4. The smallest absolute Gasteiger partial charge is 0.331 e. The van der Waals surface area contributed by atoms with Gasteiger partial charge in [-0.1, -0.05) is 30.3 Å². The summed E-state index contributed by atoms with van der Waals surface area (Å²) in [7, 11) is 3.10. The molecular formula is C22H24N2O8. The number of likely N-dealkylation sites (N-methyl/N-ethyl adjacent to an activating group) is 1. The highest BCUT2D eigenvalue weighted by Crippen LogP contribution is 2.29. The number of nitrogens with zero attached hydrogens (tertiary/aromatic N) is 1. The zero-order valence-electron chi connectivity index (χ0n) is 17.9. The molecule has 1 unspecified atom stereocenters. The normalized spacial score (nSPS) is 11.6. The van der Waals surface area contributed by atoms with Gasteiger partial charge in [0, 0.05) is 6.08 Å². The monoisotopic (exact) mass is 444 g/mol. The van der Waals surface area contributed by atoms with Crippen LogP contribution < -0.4 is 14.8 Å². The van der Waals surface area contributed by atoms with Crippen molar-refractivity contribution in [3.63, 3.8) is 0 Å². The van der Waals surface area contributed by atoms with Gasteiger partial charge in [-0.2, -0.15) is 0 Å². The van der Waals surface area contributed by atoms with Gasteiger partial charge >= 0.3 is 11.9 Å². The first-order valence-electron chi connectivity index (χ1n) is 9.59. The summed E-state index contributed by atoms with van der Waals surface area (Å²) in [6, 6.07) is 11.1. The molecule has 0 spiro atoms. The molecule has 2 rings (SSSR count). The predicted molar refractivity (Wildman–Crippen MR) is 114 cm³/mol. The Kier molecular flexibility index (Phi) is 9.18. The molecule has 10 heteroatoms. The fourth-order valence-electron chi connectivity index (χ4n) is 2.41. The second-order valence-corrected chi connectivity index (χ2v) is 6.60. The first-order valence-corrected chi connectivity index (χ1v) is 9.59. The van der Waals surface area contributed by atoms with E-state index in [0.717, 1.165) is 5.56 Å². The van der Waals surface area contributed by atoms with Crippen molar-refractivity contribution in [3.8, 4) is 11.5 Å². The molecule has 2 aromatic carbocycles. The van der Waals surface area contributed by atoms with Gasteiger partial charge in [0.25, 0.3) is 5.09 Å². The zero-order valence-corrected chi connectivity index (χ0v) is 17.9. The molecule has 2 aromatic rings. The summed E-state index contributed by atoms with van der Waals surface area (Å²) in [6.07, 6.45) is 2.81. The number of ether oxygens (including phenoxy) is 3. The Hall–Kier alpha value is -3.92. The van der Waals surface area contributed by atoms with Crippen molar-refractivity contribution in [1.82, 2.24) is 5.32 Å². The van der Waals surface area contributed by atoms with Crippen LogP contribution in [-0.2, 0) is 32.4 Å². The molecule has 0 aliphatic heterocycles. The number of carbonyl (C=O) groups excluding carboxylic acids is 2. The van der Waals surface area contributed by atoms with E-state index in [1.54, 1.807) is 62.5 Å². The topological polar surface area (TPSA) is 126 Å². The minimum atomic E-state index is -0.859. The molecule has 0 saturated heterocycles. The fourth-order valence-corrected chi connectivity index (χ4v) is 2.41. The SMILES string of the molecule is CNC(C)C(=O)Oc1ccc(/C=C/C(=O)OCc2ccc(CO[N+](=O)[O-])cc2)cc1OC. The van der Waals surface area contributed by atoms with Gasteiger partial charge in [-0.05, 0) is 48.9 Å². The van der Waals surface area contributed by atoms with E-state index in [-0.39, 0.29) is 19.0 Å². The van der Waals surface area contributed by atoms with Gasteiger partial charge in [-0.3, -0.25) is 0 Å². The Morgan fingerprint density at radius 3 is 2.34 bits per heavy atom. The molecule has 0 aromatic heterocycles. The number of rotatable bonds is 11. The second kappa shape index (κ2) is 12.1. The molecule has 10 nitrogen and oxygen atoms in total. The first-order chi connectivity index (χ1) is 15.3. The van der Waals surface area contributed by atoms with Gasteiger partial charge in [0.1, 0.15) is 19.3 Å². The van der Waals surface area contributed by atoms with E-state index in [9.17, 15) is 19.7 Å². The minimum Gasteiger partial charge on any atom is -0.493 e. The minimum absolute atomic E-state index is 0.0431. The molecule has 0 bridgehead atoms. The van der Waals surface area contributed by atoms with Gasteiger partial charge < -0.3 is 24.4 Å². The van der Waals surface area contributed by atoms with Crippen LogP contribution in [-0.4, -0.2) is 37.2 Å². The van der Waals surface area contributed by atoms with E-state index in [0.29, 0.717) is 16.9 Å². The molecule has 0 amide bonds. The van der Waals surface area contributed by atoms with Crippen LogP contribution in [0.15, 0.2) is 48.5 Å².